The Balaban J connectivity index is 2.31. The first-order valence-corrected chi connectivity index (χ1v) is 6.55. The first kappa shape index (κ1) is 14.1. The van der Waals surface area contributed by atoms with Gasteiger partial charge in [0.15, 0.2) is 5.78 Å². The summed E-state index contributed by atoms with van der Waals surface area (Å²) in [6.07, 6.45) is 0. The van der Waals surface area contributed by atoms with Gasteiger partial charge >= 0.3 is 0 Å². The lowest BCUT2D eigenvalue weighted by Crippen LogP contribution is -2.25. The molecule has 2 rings (SSSR count). The van der Waals surface area contributed by atoms with Gasteiger partial charge in [-0.3, -0.25) is 9.59 Å². The molecule has 0 aliphatic carbocycles. The number of aryl methyl sites for hydroxylation is 1. The molecule has 1 heterocycles. The number of pyridine rings is 1. The van der Waals surface area contributed by atoms with Gasteiger partial charge in [0.05, 0.1) is 18.7 Å². The van der Waals surface area contributed by atoms with Gasteiger partial charge in [0.1, 0.15) is 5.75 Å². The highest BCUT2D eigenvalue weighted by Crippen LogP contribution is 2.19. The average molecular weight is 271 g/mol. The fourth-order valence-electron chi connectivity index (χ4n) is 2.03. The number of benzene rings is 1. The molecule has 4 heteroatoms. The third-order valence-electron chi connectivity index (χ3n) is 3.06. The van der Waals surface area contributed by atoms with Gasteiger partial charge in [-0.25, -0.2) is 0 Å². The van der Waals surface area contributed by atoms with Gasteiger partial charge in [0.2, 0.25) is 0 Å². The summed E-state index contributed by atoms with van der Waals surface area (Å²) in [6.45, 7) is 4.19. The molecule has 0 fully saturated rings. The van der Waals surface area contributed by atoms with Crippen LogP contribution in [0.2, 0.25) is 0 Å². The van der Waals surface area contributed by atoms with E-state index >= 15 is 0 Å². The Morgan fingerprint density at radius 3 is 2.60 bits per heavy atom. The second-order valence-corrected chi connectivity index (χ2v) is 4.44. The fraction of sp³-hybridized carbons (Fsp3) is 0.250. The zero-order valence-electron chi connectivity index (χ0n) is 11.6. The van der Waals surface area contributed by atoms with Gasteiger partial charge in [0, 0.05) is 11.8 Å². The molecule has 2 aromatic rings. The molecule has 0 aliphatic rings. The van der Waals surface area contributed by atoms with Crippen LogP contribution in [0, 0.1) is 6.92 Å². The number of nitrogens with zero attached hydrogens (tertiary/aromatic N) is 1. The summed E-state index contributed by atoms with van der Waals surface area (Å²) in [5, 5.41) is 0. The quantitative estimate of drug-likeness (QED) is 0.785. The van der Waals surface area contributed by atoms with Crippen LogP contribution in [0.25, 0.3) is 0 Å². The van der Waals surface area contributed by atoms with Crippen LogP contribution >= 0.6 is 0 Å². The van der Waals surface area contributed by atoms with Crippen molar-refractivity contribution in [3.63, 3.8) is 0 Å². The van der Waals surface area contributed by atoms with E-state index in [1.54, 1.807) is 24.3 Å². The van der Waals surface area contributed by atoms with Crippen molar-refractivity contribution >= 4 is 5.78 Å². The van der Waals surface area contributed by atoms with Crippen molar-refractivity contribution in [1.82, 2.24) is 4.57 Å². The van der Waals surface area contributed by atoms with Crippen molar-refractivity contribution in [2.75, 3.05) is 6.61 Å². The molecule has 0 spiro atoms. The number of aromatic nitrogens is 1. The third kappa shape index (κ3) is 2.96. The van der Waals surface area contributed by atoms with E-state index in [1.165, 1.54) is 10.6 Å². The molecule has 0 bridgehead atoms. The lowest BCUT2D eigenvalue weighted by molar-refractivity contribution is 0.0966. The van der Waals surface area contributed by atoms with E-state index in [0.717, 1.165) is 5.69 Å². The maximum Gasteiger partial charge on any atom is 0.251 e. The Labute approximate surface area is 117 Å². The SMILES string of the molecule is CCOc1ccccc1C(=O)Cn1c(C)cccc1=O. The Bertz CT molecular complexity index is 673. The Hall–Kier alpha value is -2.36. The molecule has 0 radical (unpaired) electrons. The van der Waals surface area contributed by atoms with Crippen LogP contribution in [0.1, 0.15) is 23.0 Å². The number of hydrogen-bond donors (Lipinski definition) is 0. The molecule has 104 valence electrons. The predicted octanol–water partition coefficient (Wildman–Crippen LogP) is 2.44. The standard InChI is InChI=1S/C16H17NO3/c1-3-20-15-9-5-4-8-13(15)14(18)11-17-12(2)7-6-10-16(17)19/h4-10H,3,11H2,1-2H3. The normalized spacial score (nSPS) is 10.3. The second-order valence-electron chi connectivity index (χ2n) is 4.44. The summed E-state index contributed by atoms with van der Waals surface area (Å²) >= 11 is 0. The predicted molar refractivity (Wildman–Crippen MR) is 77.4 cm³/mol. The number of ketones is 1. The number of para-hydroxylation sites is 1. The maximum atomic E-state index is 12.4. The van der Waals surface area contributed by atoms with E-state index < -0.39 is 0 Å². The molecule has 0 aliphatic heterocycles. The zero-order chi connectivity index (χ0) is 14.5. The Morgan fingerprint density at radius 2 is 1.90 bits per heavy atom. The van der Waals surface area contributed by atoms with Crippen molar-refractivity contribution in [2.24, 2.45) is 0 Å². The summed E-state index contributed by atoms with van der Waals surface area (Å²) in [5.41, 5.74) is 1.09. The number of hydrogen-bond acceptors (Lipinski definition) is 3. The lowest BCUT2D eigenvalue weighted by atomic mass is 10.1. The first-order valence-electron chi connectivity index (χ1n) is 6.55. The van der Waals surface area contributed by atoms with Crippen LogP contribution in [0.15, 0.2) is 47.3 Å². The van der Waals surface area contributed by atoms with E-state index in [0.29, 0.717) is 17.9 Å². The minimum Gasteiger partial charge on any atom is -0.493 e. The van der Waals surface area contributed by atoms with Crippen LogP contribution in [0.3, 0.4) is 0 Å². The molecule has 4 nitrogen and oxygen atoms in total. The topological polar surface area (TPSA) is 48.3 Å². The summed E-state index contributed by atoms with van der Waals surface area (Å²) in [6, 6.07) is 12.0. The molecule has 0 unspecified atom stereocenters. The summed E-state index contributed by atoms with van der Waals surface area (Å²) in [4.78, 5) is 24.2. The smallest absolute Gasteiger partial charge is 0.251 e. The van der Waals surface area contributed by atoms with Crippen LogP contribution < -0.4 is 10.3 Å². The van der Waals surface area contributed by atoms with Crippen LogP contribution in [-0.4, -0.2) is 17.0 Å². The monoisotopic (exact) mass is 271 g/mol. The van der Waals surface area contributed by atoms with E-state index in [2.05, 4.69) is 0 Å². The molecule has 1 aromatic heterocycles. The van der Waals surface area contributed by atoms with E-state index in [4.69, 9.17) is 4.74 Å². The number of ether oxygens (including phenoxy) is 1. The Morgan fingerprint density at radius 1 is 1.15 bits per heavy atom. The first-order chi connectivity index (χ1) is 9.63. The maximum absolute atomic E-state index is 12.4. The molecule has 0 saturated carbocycles. The molecular weight excluding hydrogens is 254 g/mol. The molecule has 0 saturated heterocycles. The fourth-order valence-corrected chi connectivity index (χ4v) is 2.03. The van der Waals surface area contributed by atoms with Gasteiger partial charge in [0.25, 0.3) is 5.56 Å². The van der Waals surface area contributed by atoms with Gasteiger partial charge in [-0.2, -0.15) is 0 Å². The van der Waals surface area contributed by atoms with E-state index in [-0.39, 0.29) is 17.9 Å². The van der Waals surface area contributed by atoms with Crippen molar-refractivity contribution in [3.05, 3.63) is 64.1 Å². The average Bonchev–Trinajstić information content (AvgIpc) is 2.44. The van der Waals surface area contributed by atoms with Crippen molar-refractivity contribution in [2.45, 2.75) is 20.4 Å². The minimum atomic E-state index is -0.174. The number of carbonyl (C=O) groups is 1. The van der Waals surface area contributed by atoms with Gasteiger partial charge in [-0.15, -0.1) is 0 Å². The molecule has 1 aromatic carbocycles. The molecule has 0 amide bonds. The van der Waals surface area contributed by atoms with Crippen LogP contribution in [0.4, 0.5) is 0 Å². The largest absolute Gasteiger partial charge is 0.493 e. The van der Waals surface area contributed by atoms with Crippen molar-refractivity contribution in [3.8, 4) is 5.75 Å². The molecular formula is C16H17NO3. The second kappa shape index (κ2) is 6.19. The highest BCUT2D eigenvalue weighted by Gasteiger charge is 2.13. The van der Waals surface area contributed by atoms with Gasteiger partial charge in [-0.1, -0.05) is 18.2 Å². The van der Waals surface area contributed by atoms with Gasteiger partial charge < -0.3 is 9.30 Å². The zero-order valence-corrected chi connectivity index (χ0v) is 11.6. The Kier molecular flexibility index (Phi) is 4.35. The van der Waals surface area contributed by atoms with Crippen LogP contribution in [-0.2, 0) is 6.54 Å². The molecule has 20 heavy (non-hydrogen) atoms. The third-order valence-corrected chi connectivity index (χ3v) is 3.06. The number of carbonyl (C=O) groups excluding carboxylic acids is 1. The summed E-state index contributed by atoms with van der Waals surface area (Å²) in [5.74, 6) is 0.423. The van der Waals surface area contributed by atoms with E-state index in [9.17, 15) is 9.59 Å². The van der Waals surface area contributed by atoms with Gasteiger partial charge in [-0.05, 0) is 32.0 Å². The lowest BCUT2D eigenvalue weighted by Gasteiger charge is -2.11. The molecule has 0 atom stereocenters. The molecule has 0 N–H and O–H groups in total. The van der Waals surface area contributed by atoms with E-state index in [1.807, 2.05) is 26.0 Å². The van der Waals surface area contributed by atoms with Crippen molar-refractivity contribution in [1.29, 1.82) is 0 Å². The number of rotatable bonds is 5. The number of Topliss-reactive ketones (excluding diaryl/α,β-unsaturated/α-hetero) is 1. The highest BCUT2D eigenvalue weighted by atomic mass is 16.5. The van der Waals surface area contributed by atoms with Crippen molar-refractivity contribution < 1.29 is 9.53 Å². The summed E-state index contributed by atoms with van der Waals surface area (Å²) < 4.78 is 6.91. The summed E-state index contributed by atoms with van der Waals surface area (Å²) in [7, 11) is 0. The van der Waals surface area contributed by atoms with Crippen LogP contribution in [0.5, 0.6) is 5.75 Å². The minimum absolute atomic E-state index is 0.0234. The highest BCUT2D eigenvalue weighted by molar-refractivity contribution is 5.98.